The Morgan fingerprint density at radius 2 is 1.70 bits per heavy atom. The zero-order valence-electron chi connectivity index (χ0n) is 29.6. The van der Waals surface area contributed by atoms with E-state index in [4.69, 9.17) is 19.9 Å². The van der Waals surface area contributed by atoms with Crippen molar-refractivity contribution in [2.24, 2.45) is 0 Å². The van der Waals surface area contributed by atoms with E-state index in [1.54, 1.807) is 39.0 Å². The molecule has 0 aliphatic carbocycles. The van der Waals surface area contributed by atoms with Gasteiger partial charge in [-0.25, -0.2) is 18.2 Å². The van der Waals surface area contributed by atoms with Crippen LogP contribution in [0, 0.1) is 0 Å². The molecule has 0 radical (unpaired) electrons. The lowest BCUT2D eigenvalue weighted by molar-refractivity contribution is -0.213. The second-order valence-electron chi connectivity index (χ2n) is 12.6. The van der Waals surface area contributed by atoms with E-state index in [-0.39, 0.29) is 64.8 Å². The highest BCUT2D eigenvalue weighted by Gasteiger charge is 2.52. The standard InChI is InChI=1S/C36H41F3N6O7S/c1-5-50-30-21-26(10-13-29(30)51-23(2)3)35(52-34(47)36(37,38)39,43-27-11-12-28-24(20-27)14-15-41-32(28)40)33(46)42-22-25-8-6-7-9-31(25)53(48,49)45-18-16-44(4)17-19-45/h6-15,20-21,23,43H,5,16-19,22H2,1-4H3,(H2,40,41)(H,42,46). The number of alkyl halides is 3. The third-order valence-electron chi connectivity index (χ3n) is 8.42. The summed E-state index contributed by atoms with van der Waals surface area (Å²) in [6, 6.07) is 15.9. The van der Waals surface area contributed by atoms with Gasteiger partial charge in [0.25, 0.3) is 11.6 Å². The third kappa shape index (κ3) is 8.75. The number of nitrogens with one attached hydrogen (secondary N) is 2. The molecule has 1 aliphatic rings. The van der Waals surface area contributed by atoms with Crippen LogP contribution in [0.3, 0.4) is 0 Å². The average Bonchev–Trinajstić information content (AvgIpc) is 3.11. The van der Waals surface area contributed by atoms with Gasteiger partial charge < -0.3 is 35.5 Å². The van der Waals surface area contributed by atoms with Crippen molar-refractivity contribution in [1.29, 1.82) is 0 Å². The van der Waals surface area contributed by atoms with Crippen LogP contribution in [0.5, 0.6) is 11.5 Å². The number of piperazine rings is 1. The van der Waals surface area contributed by atoms with E-state index in [1.807, 2.05) is 11.9 Å². The molecule has 3 aromatic carbocycles. The van der Waals surface area contributed by atoms with Gasteiger partial charge in [0.1, 0.15) is 5.82 Å². The monoisotopic (exact) mass is 758 g/mol. The summed E-state index contributed by atoms with van der Waals surface area (Å²) >= 11 is 0. The van der Waals surface area contributed by atoms with Crippen molar-refractivity contribution in [3.8, 4) is 11.5 Å². The molecule has 1 unspecified atom stereocenters. The van der Waals surface area contributed by atoms with Crippen molar-refractivity contribution in [2.45, 2.75) is 50.2 Å². The number of nitrogens with two attached hydrogens (primary N) is 1. The summed E-state index contributed by atoms with van der Waals surface area (Å²) in [5, 5.41) is 6.32. The Kier molecular flexibility index (Phi) is 11.7. The number of nitrogen functional groups attached to an aromatic ring is 1. The molecule has 1 amide bonds. The number of carbonyl (C=O) groups excluding carboxylic acids is 2. The van der Waals surface area contributed by atoms with Gasteiger partial charge in [-0.3, -0.25) is 4.79 Å². The van der Waals surface area contributed by atoms with Gasteiger partial charge in [-0.15, -0.1) is 0 Å². The molecule has 0 saturated carbocycles. The lowest BCUT2D eigenvalue weighted by Crippen LogP contribution is -2.54. The van der Waals surface area contributed by atoms with Gasteiger partial charge in [-0.05, 0) is 87.3 Å². The Labute approximate surface area is 305 Å². The summed E-state index contributed by atoms with van der Waals surface area (Å²) < 4.78 is 87.7. The Hall–Kier alpha value is -5.13. The van der Waals surface area contributed by atoms with Crippen LogP contribution in [0.2, 0.25) is 0 Å². The van der Waals surface area contributed by atoms with Crippen molar-refractivity contribution in [3.63, 3.8) is 0 Å². The lowest BCUT2D eigenvalue weighted by atomic mass is 9.99. The fourth-order valence-electron chi connectivity index (χ4n) is 5.79. The zero-order valence-corrected chi connectivity index (χ0v) is 30.4. The zero-order chi connectivity index (χ0) is 38.6. The van der Waals surface area contributed by atoms with Gasteiger partial charge in [0.2, 0.25) is 10.0 Å². The molecule has 1 saturated heterocycles. The number of anilines is 2. The van der Waals surface area contributed by atoms with Gasteiger partial charge in [-0.1, -0.05) is 18.2 Å². The highest BCUT2D eigenvalue weighted by atomic mass is 32.2. The van der Waals surface area contributed by atoms with Gasteiger partial charge in [0.15, 0.2) is 11.5 Å². The molecule has 4 aromatic rings. The number of ether oxygens (including phenoxy) is 3. The van der Waals surface area contributed by atoms with E-state index >= 15 is 0 Å². The van der Waals surface area contributed by atoms with E-state index in [2.05, 4.69) is 15.6 Å². The summed E-state index contributed by atoms with van der Waals surface area (Å²) in [5.41, 5.74) is 3.05. The summed E-state index contributed by atoms with van der Waals surface area (Å²) in [6.45, 7) is 6.36. The van der Waals surface area contributed by atoms with Crippen molar-refractivity contribution in [2.75, 3.05) is 50.9 Å². The van der Waals surface area contributed by atoms with E-state index in [9.17, 15) is 31.2 Å². The smallest absolute Gasteiger partial charge is 0.490 e. The summed E-state index contributed by atoms with van der Waals surface area (Å²) in [4.78, 5) is 33.3. The number of pyridine rings is 1. The first-order chi connectivity index (χ1) is 25.0. The summed E-state index contributed by atoms with van der Waals surface area (Å²) in [7, 11) is -2.15. The first-order valence-electron chi connectivity index (χ1n) is 16.8. The fraction of sp³-hybridized carbons (Fsp3) is 0.361. The van der Waals surface area contributed by atoms with Crippen molar-refractivity contribution >= 4 is 44.2 Å². The van der Waals surface area contributed by atoms with Gasteiger partial charge >= 0.3 is 12.1 Å². The summed E-state index contributed by atoms with van der Waals surface area (Å²) in [6.07, 6.45) is -4.42. The minimum absolute atomic E-state index is 0.0571. The van der Waals surface area contributed by atoms with Crippen LogP contribution in [-0.2, 0) is 36.6 Å². The number of carbonyl (C=O) groups is 2. The molecule has 2 heterocycles. The number of esters is 1. The number of benzene rings is 3. The van der Waals surface area contributed by atoms with Crippen LogP contribution in [0.4, 0.5) is 24.7 Å². The van der Waals surface area contributed by atoms with Crippen molar-refractivity contribution in [3.05, 3.63) is 84.1 Å². The SMILES string of the molecule is CCOc1cc(C(Nc2ccc3c(N)nccc3c2)(OC(=O)C(F)(F)F)C(=O)NCc2ccccc2S(=O)(=O)N2CCN(C)CC2)ccc1OC(C)C. The normalized spacial score (nSPS) is 15.5. The topological polar surface area (TPSA) is 165 Å². The van der Waals surface area contributed by atoms with Crippen molar-refractivity contribution in [1.82, 2.24) is 19.5 Å². The number of aromatic nitrogens is 1. The summed E-state index contributed by atoms with van der Waals surface area (Å²) in [5.74, 6) is -3.46. The largest absolute Gasteiger partial charge is 0.491 e. The number of halogens is 3. The molecule has 1 atom stereocenters. The Balaban J connectivity index is 1.63. The third-order valence-corrected chi connectivity index (χ3v) is 10.4. The minimum atomic E-state index is -5.52. The highest BCUT2D eigenvalue weighted by molar-refractivity contribution is 7.89. The predicted molar refractivity (Wildman–Crippen MR) is 192 cm³/mol. The maximum absolute atomic E-state index is 14.6. The average molecular weight is 759 g/mol. The van der Waals surface area contributed by atoms with E-state index in [0.29, 0.717) is 23.9 Å². The molecular weight excluding hydrogens is 717 g/mol. The molecule has 1 fully saturated rings. The molecule has 1 aliphatic heterocycles. The number of nitrogens with zero attached hydrogens (tertiary/aromatic N) is 3. The molecule has 17 heteroatoms. The van der Waals surface area contributed by atoms with E-state index in [0.717, 1.165) is 0 Å². The molecule has 5 rings (SSSR count). The maximum atomic E-state index is 14.6. The predicted octanol–water partition coefficient (Wildman–Crippen LogP) is 4.63. The number of sulfonamides is 1. The van der Waals surface area contributed by atoms with Crippen LogP contribution in [0.1, 0.15) is 31.9 Å². The molecule has 4 N–H and O–H groups in total. The molecule has 284 valence electrons. The number of likely N-dealkylation sites (N-methyl/N-ethyl adjacent to an activating group) is 1. The van der Waals surface area contributed by atoms with Gasteiger partial charge in [0, 0.05) is 55.6 Å². The molecule has 0 bridgehead atoms. The van der Waals surface area contributed by atoms with Gasteiger partial charge in [-0.2, -0.15) is 17.5 Å². The number of amides is 1. The minimum Gasteiger partial charge on any atom is -0.490 e. The Morgan fingerprint density at radius 3 is 2.38 bits per heavy atom. The Morgan fingerprint density at radius 1 is 0.981 bits per heavy atom. The number of hydrogen-bond acceptors (Lipinski definition) is 11. The van der Waals surface area contributed by atoms with Crippen LogP contribution < -0.4 is 25.8 Å². The van der Waals surface area contributed by atoms with E-state index in [1.165, 1.54) is 59.0 Å². The number of hydrogen-bond donors (Lipinski definition) is 3. The van der Waals surface area contributed by atoms with Gasteiger partial charge in [0.05, 0.1) is 17.6 Å². The van der Waals surface area contributed by atoms with Crippen LogP contribution in [0.15, 0.2) is 77.8 Å². The second-order valence-corrected chi connectivity index (χ2v) is 14.5. The maximum Gasteiger partial charge on any atom is 0.491 e. The number of fused-ring (bicyclic) bond motifs is 1. The fourth-order valence-corrected chi connectivity index (χ4v) is 7.43. The second kappa shape index (κ2) is 15.9. The lowest BCUT2D eigenvalue weighted by Gasteiger charge is -2.35. The first-order valence-corrected chi connectivity index (χ1v) is 18.2. The first kappa shape index (κ1) is 39.1. The van der Waals surface area contributed by atoms with Crippen molar-refractivity contribution < 1.29 is 45.4 Å². The molecule has 1 aromatic heterocycles. The van der Waals surface area contributed by atoms with E-state index < -0.39 is 40.3 Å². The number of rotatable bonds is 13. The molecule has 53 heavy (non-hydrogen) atoms. The molecule has 0 spiro atoms. The Bertz CT molecular complexity index is 2070. The molecule has 13 nitrogen and oxygen atoms in total. The van der Waals surface area contributed by atoms with Crippen LogP contribution >= 0.6 is 0 Å². The highest BCUT2D eigenvalue weighted by Crippen LogP contribution is 2.38. The van der Waals surface area contributed by atoms with Crippen LogP contribution in [0.25, 0.3) is 10.8 Å². The molecular formula is C36H41F3N6O7S. The quantitative estimate of drug-likeness (QED) is 0.129. The van der Waals surface area contributed by atoms with Crippen LogP contribution in [-0.4, -0.2) is 86.6 Å².